The first-order valence-electron chi connectivity index (χ1n) is 10.9. The van der Waals surface area contributed by atoms with Gasteiger partial charge in [0.15, 0.2) is 6.10 Å². The standard InChI is InChI=1S/C25H27N3O4S/c1-33-19-11-7-17(8-12-19)15-28-22(18-9-10-18)14-21(27-28)24(30)26-20(23(29)25(31)32)13-16-5-3-2-4-6-16/h2-8,11-12,14,18,20,23,29H,9-10,13,15H2,1H3,(H,26,30)(H,31,32)/t20-,23-/m1/s1. The predicted molar refractivity (Wildman–Crippen MR) is 127 cm³/mol. The predicted octanol–water partition coefficient (Wildman–Crippen LogP) is 3.32. The van der Waals surface area contributed by atoms with Crippen LogP contribution in [0.4, 0.5) is 0 Å². The highest BCUT2D eigenvalue weighted by Crippen LogP contribution is 2.40. The fourth-order valence-corrected chi connectivity index (χ4v) is 4.21. The minimum atomic E-state index is -1.73. The maximum absolute atomic E-state index is 13.0. The molecule has 1 aromatic heterocycles. The fraction of sp³-hybridized carbons (Fsp3) is 0.320. The van der Waals surface area contributed by atoms with Gasteiger partial charge in [0.25, 0.3) is 5.91 Å². The van der Waals surface area contributed by atoms with Crippen LogP contribution in [0.3, 0.4) is 0 Å². The molecular formula is C25H27N3O4S. The maximum atomic E-state index is 13.0. The summed E-state index contributed by atoms with van der Waals surface area (Å²) in [7, 11) is 0. The van der Waals surface area contributed by atoms with Crippen LogP contribution >= 0.6 is 11.8 Å². The number of aliphatic hydroxyl groups is 1. The largest absolute Gasteiger partial charge is 0.479 e. The number of aromatic nitrogens is 2. The molecule has 2 aromatic carbocycles. The molecule has 1 aliphatic carbocycles. The van der Waals surface area contributed by atoms with Crippen molar-refractivity contribution in [3.8, 4) is 0 Å². The number of carboxylic acid groups (broad SMARTS) is 1. The summed E-state index contributed by atoms with van der Waals surface area (Å²) in [6.45, 7) is 0.555. The summed E-state index contributed by atoms with van der Waals surface area (Å²) >= 11 is 1.68. The number of nitrogens with one attached hydrogen (secondary N) is 1. The third-order valence-electron chi connectivity index (χ3n) is 5.78. The zero-order valence-corrected chi connectivity index (χ0v) is 19.2. The van der Waals surface area contributed by atoms with Crippen molar-refractivity contribution in [2.45, 2.75) is 48.8 Å². The molecule has 8 heteroatoms. The molecule has 0 aliphatic heterocycles. The second-order valence-electron chi connectivity index (χ2n) is 8.29. The van der Waals surface area contributed by atoms with Crippen LogP contribution in [0.1, 0.15) is 46.1 Å². The van der Waals surface area contributed by atoms with E-state index in [0.29, 0.717) is 12.5 Å². The Morgan fingerprint density at radius 2 is 1.82 bits per heavy atom. The quantitative estimate of drug-likeness (QED) is 0.397. The normalized spacial score (nSPS) is 15.1. The average Bonchev–Trinajstić information content (AvgIpc) is 3.59. The van der Waals surface area contributed by atoms with E-state index >= 15 is 0 Å². The third-order valence-corrected chi connectivity index (χ3v) is 6.52. The van der Waals surface area contributed by atoms with Crippen molar-refractivity contribution in [2.24, 2.45) is 0 Å². The summed E-state index contributed by atoms with van der Waals surface area (Å²) in [5, 5.41) is 26.8. The lowest BCUT2D eigenvalue weighted by Gasteiger charge is -2.21. The third kappa shape index (κ3) is 5.83. The van der Waals surface area contributed by atoms with Gasteiger partial charge in [-0.15, -0.1) is 11.8 Å². The van der Waals surface area contributed by atoms with Gasteiger partial charge < -0.3 is 15.5 Å². The number of carbonyl (C=O) groups is 2. The number of benzene rings is 2. The van der Waals surface area contributed by atoms with Crippen LogP contribution in [-0.2, 0) is 17.8 Å². The minimum absolute atomic E-state index is 0.192. The molecule has 3 N–H and O–H groups in total. The van der Waals surface area contributed by atoms with E-state index in [1.807, 2.05) is 41.3 Å². The number of nitrogens with zero attached hydrogens (tertiary/aromatic N) is 2. The van der Waals surface area contributed by atoms with E-state index < -0.39 is 24.0 Å². The fourth-order valence-electron chi connectivity index (χ4n) is 3.80. The van der Waals surface area contributed by atoms with Crippen molar-refractivity contribution in [2.75, 3.05) is 6.26 Å². The van der Waals surface area contributed by atoms with Gasteiger partial charge in [-0.1, -0.05) is 42.5 Å². The second-order valence-corrected chi connectivity index (χ2v) is 9.17. The van der Waals surface area contributed by atoms with Gasteiger partial charge in [0, 0.05) is 16.5 Å². The first-order valence-corrected chi connectivity index (χ1v) is 12.1. The number of aliphatic carboxylic acids is 1. The number of hydrogen-bond donors (Lipinski definition) is 3. The lowest BCUT2D eigenvalue weighted by molar-refractivity contribution is -0.148. The van der Waals surface area contributed by atoms with E-state index in [0.717, 1.165) is 29.7 Å². The van der Waals surface area contributed by atoms with Crippen molar-refractivity contribution >= 4 is 23.6 Å². The Morgan fingerprint density at radius 3 is 2.42 bits per heavy atom. The van der Waals surface area contributed by atoms with Crippen LogP contribution in [0.2, 0.25) is 0 Å². The van der Waals surface area contributed by atoms with Crippen LogP contribution in [0, 0.1) is 0 Å². The molecule has 7 nitrogen and oxygen atoms in total. The molecule has 1 heterocycles. The summed E-state index contributed by atoms with van der Waals surface area (Å²) in [4.78, 5) is 25.6. The van der Waals surface area contributed by atoms with E-state index in [-0.39, 0.29) is 12.1 Å². The highest BCUT2D eigenvalue weighted by molar-refractivity contribution is 7.98. The molecule has 1 fully saturated rings. The van der Waals surface area contributed by atoms with E-state index in [9.17, 15) is 19.8 Å². The molecular weight excluding hydrogens is 438 g/mol. The summed E-state index contributed by atoms with van der Waals surface area (Å²) in [6.07, 6.45) is 2.62. The van der Waals surface area contributed by atoms with Gasteiger partial charge in [0.05, 0.1) is 12.6 Å². The number of carboxylic acids is 1. The number of aliphatic hydroxyl groups excluding tert-OH is 1. The zero-order valence-electron chi connectivity index (χ0n) is 18.3. The number of carbonyl (C=O) groups excluding carboxylic acids is 1. The first kappa shape index (κ1) is 23.1. The van der Waals surface area contributed by atoms with Crippen molar-refractivity contribution in [3.63, 3.8) is 0 Å². The van der Waals surface area contributed by atoms with Gasteiger partial charge in [-0.2, -0.15) is 5.10 Å². The van der Waals surface area contributed by atoms with E-state index in [1.165, 1.54) is 4.90 Å². The first-order chi connectivity index (χ1) is 15.9. The lowest BCUT2D eigenvalue weighted by atomic mass is 10.0. The molecule has 1 saturated carbocycles. The summed E-state index contributed by atoms with van der Waals surface area (Å²) < 4.78 is 1.86. The van der Waals surface area contributed by atoms with Gasteiger partial charge in [-0.25, -0.2) is 4.79 Å². The minimum Gasteiger partial charge on any atom is -0.479 e. The number of rotatable bonds is 10. The topological polar surface area (TPSA) is 104 Å². The maximum Gasteiger partial charge on any atom is 0.334 e. The molecule has 0 radical (unpaired) electrons. The average molecular weight is 466 g/mol. The van der Waals surface area contributed by atoms with E-state index in [4.69, 9.17) is 0 Å². The molecule has 3 aromatic rings. The van der Waals surface area contributed by atoms with Crippen molar-refractivity contribution in [1.29, 1.82) is 0 Å². The van der Waals surface area contributed by atoms with Gasteiger partial charge in [0.1, 0.15) is 5.69 Å². The Morgan fingerprint density at radius 1 is 1.12 bits per heavy atom. The van der Waals surface area contributed by atoms with Crippen molar-refractivity contribution in [3.05, 3.63) is 83.2 Å². The Labute approximate surface area is 196 Å². The summed E-state index contributed by atoms with van der Waals surface area (Å²) in [5.41, 5.74) is 3.15. The molecule has 1 aliphatic rings. The van der Waals surface area contributed by atoms with Gasteiger partial charge >= 0.3 is 5.97 Å². The van der Waals surface area contributed by atoms with Crippen LogP contribution in [0.15, 0.2) is 65.6 Å². The van der Waals surface area contributed by atoms with Gasteiger partial charge in [-0.05, 0) is 54.8 Å². The number of amides is 1. The molecule has 0 saturated heterocycles. The van der Waals surface area contributed by atoms with E-state index in [1.54, 1.807) is 17.8 Å². The monoisotopic (exact) mass is 465 g/mol. The molecule has 0 bridgehead atoms. The molecule has 2 atom stereocenters. The number of hydrogen-bond acceptors (Lipinski definition) is 5. The smallest absolute Gasteiger partial charge is 0.334 e. The molecule has 4 rings (SSSR count). The van der Waals surface area contributed by atoms with E-state index in [2.05, 4.69) is 34.7 Å². The zero-order chi connectivity index (χ0) is 23.4. The Hall–Kier alpha value is -3.10. The molecule has 1 amide bonds. The molecule has 0 spiro atoms. The Bertz CT molecular complexity index is 1110. The second kappa shape index (κ2) is 10.2. The number of thioether (sulfide) groups is 1. The van der Waals surface area contributed by atoms with Gasteiger partial charge in [-0.3, -0.25) is 9.48 Å². The summed E-state index contributed by atoms with van der Waals surface area (Å²) in [6, 6.07) is 18.2. The SMILES string of the molecule is CSc1ccc(Cn2nc(C(=O)N[C@H](Cc3ccccc3)[C@@H](O)C(=O)O)cc2C2CC2)cc1. The van der Waals surface area contributed by atoms with Crippen molar-refractivity contribution in [1.82, 2.24) is 15.1 Å². The molecule has 172 valence electrons. The van der Waals surface area contributed by atoms with Crippen LogP contribution in [0.5, 0.6) is 0 Å². The van der Waals surface area contributed by atoms with Crippen LogP contribution in [-0.4, -0.2) is 50.3 Å². The van der Waals surface area contributed by atoms with Crippen LogP contribution in [0.25, 0.3) is 0 Å². The summed E-state index contributed by atoms with van der Waals surface area (Å²) in [5.74, 6) is -1.49. The molecule has 33 heavy (non-hydrogen) atoms. The lowest BCUT2D eigenvalue weighted by Crippen LogP contribution is -2.48. The molecule has 0 unspecified atom stereocenters. The van der Waals surface area contributed by atoms with Crippen molar-refractivity contribution < 1.29 is 19.8 Å². The van der Waals surface area contributed by atoms with Crippen LogP contribution < -0.4 is 5.32 Å². The Balaban J connectivity index is 1.53. The highest BCUT2D eigenvalue weighted by Gasteiger charge is 2.32. The Kier molecular flexibility index (Phi) is 7.15. The van der Waals surface area contributed by atoms with Gasteiger partial charge in [0.2, 0.25) is 0 Å². The highest BCUT2D eigenvalue weighted by atomic mass is 32.2.